The van der Waals surface area contributed by atoms with Gasteiger partial charge in [-0.25, -0.2) is 0 Å². The molecule has 0 spiro atoms. The minimum atomic E-state index is -2.89. The zero-order valence-electron chi connectivity index (χ0n) is 18.0. The van der Waals surface area contributed by atoms with Crippen LogP contribution in [0, 0.1) is 13.8 Å². The fourth-order valence-corrected chi connectivity index (χ4v) is 3.04. The summed E-state index contributed by atoms with van der Waals surface area (Å²) in [6.07, 6.45) is 1.51. The Labute approximate surface area is 176 Å². The normalized spacial score (nSPS) is 11.6. The van der Waals surface area contributed by atoms with Gasteiger partial charge >= 0.3 is 6.61 Å². The number of aliphatic imine (C=N–C) groups is 1. The van der Waals surface area contributed by atoms with E-state index in [1.807, 2.05) is 31.5 Å². The van der Waals surface area contributed by atoms with Crippen molar-refractivity contribution in [2.75, 3.05) is 26.7 Å². The van der Waals surface area contributed by atoms with E-state index in [0.717, 1.165) is 42.4 Å². The molecule has 166 valence electrons. The summed E-state index contributed by atoms with van der Waals surface area (Å²) in [4.78, 5) is 4.59. The van der Waals surface area contributed by atoms with Crippen LogP contribution in [0.4, 0.5) is 8.78 Å². The SMILES string of the molecule is CCNC(=NCCCn1nc(C)cc1C)NCCc1ccc(OC)c(OC(F)F)c1. The third-order valence-electron chi connectivity index (χ3n) is 4.40. The van der Waals surface area contributed by atoms with Crippen LogP contribution in [0.2, 0.25) is 0 Å². The number of nitrogens with zero attached hydrogens (tertiary/aromatic N) is 3. The minimum absolute atomic E-state index is 0.0368. The van der Waals surface area contributed by atoms with E-state index in [4.69, 9.17) is 4.74 Å². The van der Waals surface area contributed by atoms with Crippen molar-refractivity contribution in [1.82, 2.24) is 20.4 Å². The number of benzene rings is 1. The maximum Gasteiger partial charge on any atom is 0.387 e. The number of hydrogen-bond donors (Lipinski definition) is 2. The van der Waals surface area contributed by atoms with Gasteiger partial charge in [0.25, 0.3) is 0 Å². The van der Waals surface area contributed by atoms with Gasteiger partial charge in [0, 0.05) is 31.9 Å². The van der Waals surface area contributed by atoms with Gasteiger partial charge in [0.05, 0.1) is 12.8 Å². The molecule has 1 aromatic heterocycles. The molecule has 0 amide bonds. The van der Waals surface area contributed by atoms with Crippen molar-refractivity contribution in [2.45, 2.75) is 46.8 Å². The summed E-state index contributed by atoms with van der Waals surface area (Å²) in [6.45, 7) is 5.98. The first-order chi connectivity index (χ1) is 14.4. The molecule has 0 bridgehead atoms. The molecule has 0 unspecified atom stereocenters. The highest BCUT2D eigenvalue weighted by Crippen LogP contribution is 2.29. The van der Waals surface area contributed by atoms with Crippen molar-refractivity contribution in [3.8, 4) is 11.5 Å². The van der Waals surface area contributed by atoms with Crippen LogP contribution in [0.1, 0.15) is 30.3 Å². The van der Waals surface area contributed by atoms with Gasteiger partial charge in [-0.05, 0) is 57.4 Å². The molecular formula is C21H31F2N5O2. The smallest absolute Gasteiger partial charge is 0.387 e. The molecule has 0 aliphatic heterocycles. The van der Waals surface area contributed by atoms with E-state index in [-0.39, 0.29) is 11.5 Å². The van der Waals surface area contributed by atoms with Crippen LogP contribution in [0.15, 0.2) is 29.3 Å². The van der Waals surface area contributed by atoms with E-state index in [0.29, 0.717) is 19.5 Å². The summed E-state index contributed by atoms with van der Waals surface area (Å²) in [5.41, 5.74) is 3.03. The topological polar surface area (TPSA) is 72.7 Å². The number of hydrogen-bond acceptors (Lipinski definition) is 4. The predicted octanol–water partition coefficient (Wildman–Crippen LogP) is 3.30. The Morgan fingerprint density at radius 1 is 1.20 bits per heavy atom. The lowest BCUT2D eigenvalue weighted by molar-refractivity contribution is -0.0512. The Bertz CT molecular complexity index is 824. The molecule has 1 heterocycles. The van der Waals surface area contributed by atoms with Gasteiger partial charge in [-0.3, -0.25) is 9.67 Å². The zero-order valence-corrected chi connectivity index (χ0v) is 18.0. The summed E-state index contributed by atoms with van der Waals surface area (Å²) in [7, 11) is 1.42. The molecule has 0 aliphatic carbocycles. The second-order valence-corrected chi connectivity index (χ2v) is 6.80. The van der Waals surface area contributed by atoms with Crippen molar-refractivity contribution in [1.29, 1.82) is 0 Å². The number of nitrogens with one attached hydrogen (secondary N) is 2. The standard InChI is InChI=1S/C21H31F2N5O2/c1-5-24-21(25-10-6-12-28-16(3)13-15(2)27-28)26-11-9-17-7-8-18(29-4)19(14-17)30-20(22)23/h7-8,13-14,20H,5-6,9-12H2,1-4H3,(H2,24,25,26). The number of alkyl halides is 2. The molecule has 0 fully saturated rings. The second kappa shape index (κ2) is 12.0. The van der Waals surface area contributed by atoms with E-state index >= 15 is 0 Å². The van der Waals surface area contributed by atoms with E-state index in [9.17, 15) is 8.78 Å². The number of halogens is 2. The lowest BCUT2D eigenvalue weighted by Crippen LogP contribution is -2.38. The van der Waals surface area contributed by atoms with Crippen LogP contribution in [0.5, 0.6) is 11.5 Å². The van der Waals surface area contributed by atoms with Crippen LogP contribution in [0.3, 0.4) is 0 Å². The van der Waals surface area contributed by atoms with Crippen LogP contribution in [-0.4, -0.2) is 49.1 Å². The summed E-state index contributed by atoms with van der Waals surface area (Å²) in [6, 6.07) is 7.10. The van der Waals surface area contributed by atoms with E-state index in [1.165, 1.54) is 7.11 Å². The quantitative estimate of drug-likeness (QED) is 0.330. The van der Waals surface area contributed by atoms with Gasteiger partial charge in [-0.1, -0.05) is 6.07 Å². The van der Waals surface area contributed by atoms with Crippen LogP contribution in [-0.2, 0) is 13.0 Å². The Morgan fingerprint density at radius 3 is 2.63 bits per heavy atom. The minimum Gasteiger partial charge on any atom is -0.493 e. The lowest BCUT2D eigenvalue weighted by Gasteiger charge is -2.13. The Balaban J connectivity index is 1.85. The molecule has 0 saturated heterocycles. The summed E-state index contributed by atoms with van der Waals surface area (Å²) >= 11 is 0. The first-order valence-corrected chi connectivity index (χ1v) is 10.1. The maximum atomic E-state index is 12.6. The fraction of sp³-hybridized carbons (Fsp3) is 0.524. The maximum absolute atomic E-state index is 12.6. The van der Waals surface area contributed by atoms with Gasteiger partial charge in [-0.15, -0.1) is 0 Å². The lowest BCUT2D eigenvalue weighted by atomic mass is 10.1. The summed E-state index contributed by atoms with van der Waals surface area (Å²) in [5.74, 6) is 1.04. The Hall–Kier alpha value is -2.84. The van der Waals surface area contributed by atoms with Gasteiger partial charge in [0.1, 0.15) is 0 Å². The molecule has 2 aromatic rings. The molecule has 2 rings (SSSR count). The van der Waals surface area contributed by atoms with E-state index < -0.39 is 6.61 Å². The highest BCUT2D eigenvalue weighted by Gasteiger charge is 2.11. The average molecular weight is 424 g/mol. The molecule has 0 saturated carbocycles. The third-order valence-corrected chi connectivity index (χ3v) is 4.40. The van der Waals surface area contributed by atoms with Crippen molar-refractivity contribution < 1.29 is 18.3 Å². The van der Waals surface area contributed by atoms with Crippen LogP contribution < -0.4 is 20.1 Å². The molecule has 1 aromatic carbocycles. The number of rotatable bonds is 11. The number of guanidine groups is 1. The summed E-state index contributed by atoms with van der Waals surface area (Å²) < 4.78 is 36.7. The van der Waals surface area contributed by atoms with E-state index in [1.54, 1.807) is 12.1 Å². The van der Waals surface area contributed by atoms with E-state index in [2.05, 4.69) is 31.5 Å². The molecule has 0 aliphatic rings. The molecule has 7 nitrogen and oxygen atoms in total. The van der Waals surface area contributed by atoms with Gasteiger partial charge < -0.3 is 20.1 Å². The van der Waals surface area contributed by atoms with Crippen molar-refractivity contribution >= 4 is 5.96 Å². The zero-order chi connectivity index (χ0) is 21.9. The fourth-order valence-electron chi connectivity index (χ4n) is 3.04. The monoisotopic (exact) mass is 423 g/mol. The highest BCUT2D eigenvalue weighted by molar-refractivity contribution is 5.79. The first-order valence-electron chi connectivity index (χ1n) is 10.1. The number of aromatic nitrogens is 2. The number of ether oxygens (including phenoxy) is 2. The molecular weight excluding hydrogens is 392 g/mol. The highest BCUT2D eigenvalue weighted by atomic mass is 19.3. The molecule has 0 radical (unpaired) electrons. The second-order valence-electron chi connectivity index (χ2n) is 6.80. The average Bonchev–Trinajstić information content (AvgIpc) is 3.02. The molecule has 30 heavy (non-hydrogen) atoms. The largest absolute Gasteiger partial charge is 0.493 e. The Morgan fingerprint density at radius 2 is 2.00 bits per heavy atom. The predicted molar refractivity (Wildman–Crippen MR) is 114 cm³/mol. The van der Waals surface area contributed by atoms with Gasteiger partial charge in [0.15, 0.2) is 17.5 Å². The number of aryl methyl sites for hydroxylation is 3. The first kappa shape index (κ1) is 23.4. The Kier molecular flexibility index (Phi) is 9.37. The molecule has 9 heteroatoms. The summed E-state index contributed by atoms with van der Waals surface area (Å²) in [5, 5.41) is 10.9. The number of methoxy groups -OCH3 is 1. The van der Waals surface area contributed by atoms with Crippen molar-refractivity contribution in [2.24, 2.45) is 4.99 Å². The third kappa shape index (κ3) is 7.53. The van der Waals surface area contributed by atoms with Crippen LogP contribution in [0.25, 0.3) is 0 Å². The van der Waals surface area contributed by atoms with Gasteiger partial charge in [0.2, 0.25) is 0 Å². The van der Waals surface area contributed by atoms with Gasteiger partial charge in [-0.2, -0.15) is 13.9 Å². The van der Waals surface area contributed by atoms with Crippen molar-refractivity contribution in [3.05, 3.63) is 41.2 Å². The molecule has 2 N–H and O–H groups in total. The molecule has 0 atom stereocenters. The van der Waals surface area contributed by atoms with Crippen molar-refractivity contribution in [3.63, 3.8) is 0 Å². The van der Waals surface area contributed by atoms with Crippen LogP contribution >= 0.6 is 0 Å².